The van der Waals surface area contributed by atoms with Gasteiger partial charge in [-0.1, -0.05) is 0 Å². The van der Waals surface area contributed by atoms with Crippen molar-refractivity contribution in [2.45, 2.75) is 24.8 Å². The molecule has 4 heteroatoms. The average Bonchev–Trinajstić information content (AvgIpc) is 2.75. The van der Waals surface area contributed by atoms with E-state index in [1.807, 2.05) is 0 Å². The summed E-state index contributed by atoms with van der Waals surface area (Å²) >= 11 is 1.77. The summed E-state index contributed by atoms with van der Waals surface area (Å²) in [6.45, 7) is 1.96. The predicted molar refractivity (Wildman–Crippen MR) is 53.1 cm³/mol. The van der Waals surface area contributed by atoms with Gasteiger partial charge >= 0.3 is 5.97 Å². The van der Waals surface area contributed by atoms with Gasteiger partial charge in [-0.3, -0.25) is 9.69 Å². The fourth-order valence-corrected chi connectivity index (χ4v) is 3.67. The SMILES string of the molecule is O=C(O)C1(N2CCCC2)CCSC1. The van der Waals surface area contributed by atoms with E-state index >= 15 is 0 Å². The van der Waals surface area contributed by atoms with E-state index in [1.165, 1.54) is 12.8 Å². The lowest BCUT2D eigenvalue weighted by atomic mass is 9.97. The number of thioether (sulfide) groups is 1. The maximum Gasteiger partial charge on any atom is 0.325 e. The van der Waals surface area contributed by atoms with Crippen molar-refractivity contribution in [3.05, 3.63) is 0 Å². The van der Waals surface area contributed by atoms with Crippen molar-refractivity contribution in [2.75, 3.05) is 24.6 Å². The van der Waals surface area contributed by atoms with E-state index < -0.39 is 11.5 Å². The quantitative estimate of drug-likeness (QED) is 0.725. The maximum absolute atomic E-state index is 11.3. The van der Waals surface area contributed by atoms with Crippen molar-refractivity contribution < 1.29 is 9.90 Å². The highest BCUT2D eigenvalue weighted by Crippen LogP contribution is 2.35. The van der Waals surface area contributed by atoms with Gasteiger partial charge in [0.05, 0.1) is 0 Å². The van der Waals surface area contributed by atoms with E-state index in [-0.39, 0.29) is 0 Å². The molecule has 0 saturated carbocycles. The van der Waals surface area contributed by atoms with Crippen LogP contribution in [0.25, 0.3) is 0 Å². The third-order valence-electron chi connectivity index (χ3n) is 3.11. The Morgan fingerprint density at radius 2 is 2.08 bits per heavy atom. The van der Waals surface area contributed by atoms with Crippen LogP contribution in [0.2, 0.25) is 0 Å². The lowest BCUT2D eigenvalue weighted by Crippen LogP contribution is -2.53. The van der Waals surface area contributed by atoms with Gasteiger partial charge in [0.1, 0.15) is 5.54 Å². The third kappa shape index (κ3) is 1.46. The first-order chi connectivity index (χ1) is 6.26. The number of likely N-dealkylation sites (tertiary alicyclic amines) is 1. The second-order valence-corrected chi connectivity index (χ2v) is 4.94. The number of carboxylic acids is 1. The second-order valence-electron chi connectivity index (χ2n) is 3.83. The minimum atomic E-state index is -0.612. The first-order valence-corrected chi connectivity index (χ1v) is 5.97. The number of aliphatic carboxylic acids is 1. The van der Waals surface area contributed by atoms with Crippen LogP contribution in [0.15, 0.2) is 0 Å². The van der Waals surface area contributed by atoms with Gasteiger partial charge in [0.25, 0.3) is 0 Å². The van der Waals surface area contributed by atoms with Crippen LogP contribution in [0, 0.1) is 0 Å². The minimum absolute atomic E-state index is 0.513. The van der Waals surface area contributed by atoms with Gasteiger partial charge in [-0.2, -0.15) is 11.8 Å². The molecule has 2 aliphatic heterocycles. The zero-order valence-corrected chi connectivity index (χ0v) is 8.48. The van der Waals surface area contributed by atoms with Crippen LogP contribution in [-0.2, 0) is 4.79 Å². The number of hydrogen-bond donors (Lipinski definition) is 1. The molecule has 74 valence electrons. The molecular weight excluding hydrogens is 186 g/mol. The van der Waals surface area contributed by atoms with E-state index in [1.54, 1.807) is 11.8 Å². The molecule has 1 unspecified atom stereocenters. The number of hydrogen-bond acceptors (Lipinski definition) is 3. The van der Waals surface area contributed by atoms with Crippen molar-refractivity contribution in [1.29, 1.82) is 0 Å². The highest BCUT2D eigenvalue weighted by molar-refractivity contribution is 7.99. The van der Waals surface area contributed by atoms with Gasteiger partial charge < -0.3 is 5.11 Å². The molecule has 0 radical (unpaired) electrons. The predicted octanol–water partition coefficient (Wildman–Crippen LogP) is 1.04. The van der Waals surface area contributed by atoms with Gasteiger partial charge in [0, 0.05) is 5.75 Å². The zero-order valence-electron chi connectivity index (χ0n) is 7.66. The zero-order chi connectivity index (χ0) is 9.31. The topological polar surface area (TPSA) is 40.5 Å². The molecule has 0 aromatic rings. The second kappa shape index (κ2) is 3.50. The summed E-state index contributed by atoms with van der Waals surface area (Å²) in [5.41, 5.74) is -0.513. The number of rotatable bonds is 2. The number of nitrogens with zero attached hydrogens (tertiary/aromatic N) is 1. The summed E-state index contributed by atoms with van der Waals surface area (Å²) in [6.07, 6.45) is 3.16. The van der Waals surface area contributed by atoms with Gasteiger partial charge in [0.2, 0.25) is 0 Å². The molecule has 2 fully saturated rings. The molecular formula is C9H15NO2S. The molecule has 0 bridgehead atoms. The Morgan fingerprint density at radius 1 is 1.38 bits per heavy atom. The summed E-state index contributed by atoms with van der Waals surface area (Å²) < 4.78 is 0. The molecule has 0 aromatic heterocycles. The normalized spacial score (nSPS) is 35.4. The molecule has 0 aromatic carbocycles. The van der Waals surface area contributed by atoms with Gasteiger partial charge in [0.15, 0.2) is 0 Å². The lowest BCUT2D eigenvalue weighted by Gasteiger charge is -2.33. The molecule has 3 nitrogen and oxygen atoms in total. The average molecular weight is 201 g/mol. The highest BCUT2D eigenvalue weighted by atomic mass is 32.2. The van der Waals surface area contributed by atoms with Crippen LogP contribution < -0.4 is 0 Å². The van der Waals surface area contributed by atoms with Gasteiger partial charge in [-0.25, -0.2) is 0 Å². The van der Waals surface area contributed by atoms with E-state index in [9.17, 15) is 9.90 Å². The molecule has 2 rings (SSSR count). The molecule has 13 heavy (non-hydrogen) atoms. The summed E-state index contributed by atoms with van der Waals surface area (Å²) in [4.78, 5) is 13.4. The van der Waals surface area contributed by atoms with E-state index in [2.05, 4.69) is 4.90 Å². The monoisotopic (exact) mass is 201 g/mol. The summed E-state index contributed by atoms with van der Waals surface area (Å²) in [5, 5.41) is 9.27. The Bertz CT molecular complexity index is 208. The largest absolute Gasteiger partial charge is 0.480 e. The molecule has 0 spiro atoms. The van der Waals surface area contributed by atoms with Crippen molar-refractivity contribution in [3.8, 4) is 0 Å². The summed E-state index contributed by atoms with van der Waals surface area (Å²) in [6, 6.07) is 0. The van der Waals surface area contributed by atoms with Crippen LogP contribution in [0.3, 0.4) is 0 Å². The van der Waals surface area contributed by atoms with E-state index in [0.717, 1.165) is 31.0 Å². The Kier molecular flexibility index (Phi) is 2.51. The van der Waals surface area contributed by atoms with Crippen LogP contribution in [0.1, 0.15) is 19.3 Å². The van der Waals surface area contributed by atoms with Crippen LogP contribution >= 0.6 is 11.8 Å². The van der Waals surface area contributed by atoms with Crippen LogP contribution in [-0.4, -0.2) is 46.1 Å². The molecule has 2 aliphatic rings. The van der Waals surface area contributed by atoms with Crippen molar-refractivity contribution >= 4 is 17.7 Å². The van der Waals surface area contributed by atoms with Crippen molar-refractivity contribution in [2.24, 2.45) is 0 Å². The maximum atomic E-state index is 11.3. The fourth-order valence-electron chi connectivity index (χ4n) is 2.25. The van der Waals surface area contributed by atoms with Crippen molar-refractivity contribution in [3.63, 3.8) is 0 Å². The first kappa shape index (κ1) is 9.34. The van der Waals surface area contributed by atoms with Crippen molar-refractivity contribution in [1.82, 2.24) is 4.90 Å². The van der Waals surface area contributed by atoms with Crippen LogP contribution in [0.4, 0.5) is 0 Å². The molecule has 2 saturated heterocycles. The van der Waals surface area contributed by atoms with Gasteiger partial charge in [-0.05, 0) is 38.1 Å². The summed E-state index contributed by atoms with van der Waals surface area (Å²) in [7, 11) is 0. The molecule has 0 aliphatic carbocycles. The molecule has 1 N–H and O–H groups in total. The standard InChI is InChI=1S/C9H15NO2S/c11-8(12)9(3-6-13-7-9)10-4-1-2-5-10/h1-7H2,(H,11,12). The Labute approximate surface area is 82.5 Å². The first-order valence-electron chi connectivity index (χ1n) is 4.82. The molecule has 0 amide bonds. The minimum Gasteiger partial charge on any atom is -0.480 e. The lowest BCUT2D eigenvalue weighted by molar-refractivity contribution is -0.149. The number of carbonyl (C=O) groups is 1. The third-order valence-corrected chi connectivity index (χ3v) is 4.28. The number of carboxylic acid groups (broad SMARTS) is 1. The summed E-state index contributed by atoms with van der Waals surface area (Å²) in [5.74, 6) is 1.17. The van der Waals surface area contributed by atoms with Gasteiger partial charge in [-0.15, -0.1) is 0 Å². The van der Waals surface area contributed by atoms with Crippen LogP contribution in [0.5, 0.6) is 0 Å². The highest BCUT2D eigenvalue weighted by Gasteiger charge is 2.47. The Hall–Kier alpha value is -0.220. The smallest absolute Gasteiger partial charge is 0.325 e. The Balaban J connectivity index is 2.16. The molecule has 2 heterocycles. The van der Waals surface area contributed by atoms with E-state index in [4.69, 9.17) is 0 Å². The van der Waals surface area contributed by atoms with E-state index in [0.29, 0.717) is 0 Å². The Morgan fingerprint density at radius 3 is 2.54 bits per heavy atom. The molecule has 1 atom stereocenters. The fraction of sp³-hybridized carbons (Fsp3) is 0.889.